The Hall–Kier alpha value is -2.82. The molecule has 3 aromatic rings. The van der Waals surface area contributed by atoms with Crippen LogP contribution in [0.4, 0.5) is 0 Å². The first kappa shape index (κ1) is 16.6. The highest BCUT2D eigenvalue weighted by atomic mass is 16.2. The van der Waals surface area contributed by atoms with Gasteiger partial charge in [0.05, 0.1) is 11.4 Å². The van der Waals surface area contributed by atoms with E-state index >= 15 is 0 Å². The third kappa shape index (κ3) is 3.05. The van der Waals surface area contributed by atoms with Gasteiger partial charge in [-0.25, -0.2) is 4.68 Å². The van der Waals surface area contributed by atoms with E-state index in [9.17, 15) is 4.79 Å². The summed E-state index contributed by atoms with van der Waals surface area (Å²) in [6, 6.07) is 14.1. The normalized spacial score (nSPS) is 14.6. The number of aryl methyl sites for hydroxylation is 2. The first-order valence-corrected chi connectivity index (χ1v) is 9.21. The molecule has 134 valence electrons. The first-order chi connectivity index (χ1) is 12.6. The predicted molar refractivity (Wildman–Crippen MR) is 102 cm³/mol. The van der Waals surface area contributed by atoms with Crippen molar-refractivity contribution in [1.82, 2.24) is 19.2 Å². The van der Waals surface area contributed by atoms with Crippen molar-refractivity contribution in [2.75, 3.05) is 13.1 Å². The molecule has 0 N–H and O–H groups in total. The Balaban J connectivity index is 1.79. The van der Waals surface area contributed by atoms with Crippen molar-refractivity contribution in [3.05, 3.63) is 59.9 Å². The Morgan fingerprint density at radius 3 is 2.42 bits per heavy atom. The number of likely N-dealkylation sites (tertiary alicyclic amines) is 1. The number of hydrogen-bond donors (Lipinski definition) is 0. The lowest BCUT2D eigenvalue weighted by atomic mass is 10.1. The molecule has 0 unspecified atom stereocenters. The second kappa shape index (κ2) is 6.83. The fourth-order valence-corrected chi connectivity index (χ4v) is 3.53. The lowest BCUT2D eigenvalue weighted by Gasteiger charge is -2.26. The highest BCUT2D eigenvalue weighted by molar-refractivity contribution is 5.94. The fraction of sp³-hybridized carbons (Fsp3) is 0.333. The van der Waals surface area contributed by atoms with Gasteiger partial charge in [-0.05, 0) is 56.5 Å². The summed E-state index contributed by atoms with van der Waals surface area (Å²) in [6.07, 6.45) is 5.35. The summed E-state index contributed by atoms with van der Waals surface area (Å²) >= 11 is 0. The van der Waals surface area contributed by atoms with E-state index in [1.165, 1.54) is 12.0 Å². The van der Waals surface area contributed by atoms with Crippen molar-refractivity contribution in [2.45, 2.75) is 26.2 Å². The summed E-state index contributed by atoms with van der Waals surface area (Å²) < 4.78 is 3.82. The molecule has 0 atom stereocenters. The van der Waals surface area contributed by atoms with Crippen molar-refractivity contribution in [3.63, 3.8) is 0 Å². The van der Waals surface area contributed by atoms with Crippen LogP contribution in [-0.2, 0) is 7.05 Å². The zero-order valence-electron chi connectivity index (χ0n) is 15.4. The van der Waals surface area contributed by atoms with Gasteiger partial charge < -0.3 is 9.47 Å². The van der Waals surface area contributed by atoms with E-state index in [-0.39, 0.29) is 5.91 Å². The van der Waals surface area contributed by atoms with Gasteiger partial charge in [0.25, 0.3) is 5.91 Å². The molecule has 1 fully saturated rings. The molecule has 5 heteroatoms. The quantitative estimate of drug-likeness (QED) is 0.722. The smallest absolute Gasteiger partial charge is 0.272 e. The van der Waals surface area contributed by atoms with E-state index in [1.807, 2.05) is 65.2 Å². The van der Waals surface area contributed by atoms with E-state index in [2.05, 4.69) is 6.92 Å². The van der Waals surface area contributed by atoms with E-state index < -0.39 is 0 Å². The monoisotopic (exact) mass is 348 g/mol. The molecule has 0 saturated carbocycles. The summed E-state index contributed by atoms with van der Waals surface area (Å²) in [5.41, 5.74) is 4.55. The maximum Gasteiger partial charge on any atom is 0.272 e. The molecule has 26 heavy (non-hydrogen) atoms. The van der Waals surface area contributed by atoms with E-state index in [1.54, 1.807) is 4.68 Å². The Kier molecular flexibility index (Phi) is 4.37. The molecule has 1 aliphatic rings. The van der Waals surface area contributed by atoms with Crippen LogP contribution in [0.25, 0.3) is 17.1 Å². The van der Waals surface area contributed by atoms with Gasteiger partial charge >= 0.3 is 0 Å². The second-order valence-corrected chi connectivity index (χ2v) is 7.02. The van der Waals surface area contributed by atoms with Crippen molar-refractivity contribution in [2.24, 2.45) is 7.05 Å². The van der Waals surface area contributed by atoms with Gasteiger partial charge in [-0.3, -0.25) is 4.79 Å². The van der Waals surface area contributed by atoms with Crippen LogP contribution in [0.15, 0.2) is 48.7 Å². The number of amides is 1. The zero-order valence-corrected chi connectivity index (χ0v) is 15.4. The Morgan fingerprint density at radius 1 is 1.04 bits per heavy atom. The van der Waals surface area contributed by atoms with Crippen molar-refractivity contribution < 1.29 is 4.79 Å². The van der Waals surface area contributed by atoms with Gasteiger partial charge in [0.2, 0.25) is 0 Å². The van der Waals surface area contributed by atoms with Crippen LogP contribution in [0.3, 0.4) is 0 Å². The number of hydrogen-bond acceptors (Lipinski definition) is 2. The van der Waals surface area contributed by atoms with Crippen LogP contribution in [0, 0.1) is 6.92 Å². The highest BCUT2D eigenvalue weighted by Gasteiger charge is 2.24. The number of benzene rings is 1. The van der Waals surface area contributed by atoms with Crippen LogP contribution in [0.1, 0.15) is 35.3 Å². The molecule has 1 aliphatic heterocycles. The Labute approximate surface area is 153 Å². The molecule has 0 radical (unpaired) electrons. The minimum atomic E-state index is 0.0678. The van der Waals surface area contributed by atoms with Crippen LogP contribution in [-0.4, -0.2) is 38.2 Å². The van der Waals surface area contributed by atoms with Gasteiger partial charge in [-0.15, -0.1) is 0 Å². The molecule has 0 aliphatic carbocycles. The van der Waals surface area contributed by atoms with E-state index in [4.69, 9.17) is 5.10 Å². The van der Waals surface area contributed by atoms with Crippen molar-refractivity contribution in [3.8, 4) is 17.1 Å². The van der Waals surface area contributed by atoms with Gasteiger partial charge in [-0.1, -0.05) is 17.7 Å². The average Bonchev–Trinajstić information content (AvgIpc) is 3.28. The fourth-order valence-electron chi connectivity index (χ4n) is 3.53. The van der Waals surface area contributed by atoms with Gasteiger partial charge in [0.15, 0.2) is 0 Å². The Bertz CT molecular complexity index is 914. The Morgan fingerprint density at radius 2 is 1.77 bits per heavy atom. The standard InChI is InChI=1S/C21H24N4O/c1-16-8-10-17(11-9-16)25-20(21(26)24-13-4-3-5-14-24)15-18(22-25)19-7-6-12-23(19)2/h6-12,15H,3-5,13-14H2,1-2H3. The van der Waals surface area contributed by atoms with E-state index in [0.717, 1.165) is 43.0 Å². The van der Waals surface area contributed by atoms with Crippen molar-refractivity contribution >= 4 is 5.91 Å². The zero-order chi connectivity index (χ0) is 18.1. The van der Waals surface area contributed by atoms with Crippen LogP contribution in [0.5, 0.6) is 0 Å². The van der Waals surface area contributed by atoms with Gasteiger partial charge in [-0.2, -0.15) is 5.10 Å². The summed E-state index contributed by atoms with van der Waals surface area (Å²) in [7, 11) is 1.99. The SMILES string of the molecule is Cc1ccc(-n2nc(-c3cccn3C)cc2C(=O)N2CCCCC2)cc1. The highest BCUT2D eigenvalue weighted by Crippen LogP contribution is 2.24. The predicted octanol–water partition coefficient (Wildman–Crippen LogP) is 3.81. The molecule has 5 nitrogen and oxygen atoms in total. The number of piperidine rings is 1. The van der Waals surface area contributed by atoms with Crippen LogP contribution < -0.4 is 0 Å². The number of aromatic nitrogens is 3. The molecule has 2 aromatic heterocycles. The van der Waals surface area contributed by atoms with Crippen LogP contribution in [0.2, 0.25) is 0 Å². The summed E-state index contributed by atoms with van der Waals surface area (Å²) in [4.78, 5) is 15.1. The molecule has 1 aromatic carbocycles. The second-order valence-electron chi connectivity index (χ2n) is 7.02. The molecule has 4 rings (SSSR count). The lowest BCUT2D eigenvalue weighted by Crippen LogP contribution is -2.36. The third-order valence-corrected chi connectivity index (χ3v) is 5.06. The summed E-state index contributed by atoms with van der Waals surface area (Å²) in [5, 5.41) is 4.78. The molecule has 1 amide bonds. The number of rotatable bonds is 3. The molecule has 0 spiro atoms. The summed E-state index contributed by atoms with van der Waals surface area (Å²) in [5.74, 6) is 0.0678. The van der Waals surface area contributed by atoms with Gasteiger partial charge in [0.1, 0.15) is 11.4 Å². The van der Waals surface area contributed by atoms with Crippen molar-refractivity contribution in [1.29, 1.82) is 0 Å². The maximum absolute atomic E-state index is 13.2. The first-order valence-electron chi connectivity index (χ1n) is 9.21. The van der Waals surface area contributed by atoms with E-state index in [0.29, 0.717) is 5.69 Å². The topological polar surface area (TPSA) is 43.1 Å². The number of carbonyl (C=O) groups is 1. The maximum atomic E-state index is 13.2. The minimum absolute atomic E-state index is 0.0678. The summed E-state index contributed by atoms with van der Waals surface area (Å²) in [6.45, 7) is 3.72. The molecular weight excluding hydrogens is 324 g/mol. The molecule has 0 bridgehead atoms. The largest absolute Gasteiger partial charge is 0.349 e. The lowest BCUT2D eigenvalue weighted by molar-refractivity contribution is 0.0715. The number of carbonyl (C=O) groups excluding carboxylic acids is 1. The number of nitrogens with zero attached hydrogens (tertiary/aromatic N) is 4. The molecule has 3 heterocycles. The van der Waals surface area contributed by atoms with Crippen LogP contribution >= 0.6 is 0 Å². The molecule has 1 saturated heterocycles. The van der Waals surface area contributed by atoms with Gasteiger partial charge in [0, 0.05) is 26.3 Å². The minimum Gasteiger partial charge on any atom is -0.349 e. The average molecular weight is 348 g/mol. The third-order valence-electron chi connectivity index (χ3n) is 5.06. The molecular formula is C21H24N4O.